The molecule has 12 nitrogen and oxygen atoms in total. The molecule has 0 spiro atoms. The number of hydrogen-bond acceptors (Lipinski definition) is 12. The topological polar surface area (TPSA) is 176 Å². The Hall–Kier alpha value is -0.480. The molecule has 0 aromatic carbocycles. The Bertz CT molecular complexity index is 91.6. The van der Waals surface area contributed by atoms with Gasteiger partial charge in [0.25, 0.3) is 0 Å². The molecule has 1 rings (SSSR count). The van der Waals surface area contributed by atoms with Gasteiger partial charge in [0.1, 0.15) is 0 Å². The average Bonchev–Trinajstić information content (AvgIpc) is 2.08. The van der Waals surface area contributed by atoms with Crippen LogP contribution in [0.15, 0.2) is 0 Å². The van der Waals surface area contributed by atoms with Gasteiger partial charge in [0.05, 0.1) is 0 Å². The molecule has 0 atom stereocenters. The monoisotopic (exact) mass is 180 g/mol. The molecule has 12 heteroatoms. The Balaban J connectivity index is 2.76. The summed E-state index contributed by atoms with van der Waals surface area (Å²) in [7, 11) is 0. The number of hydrogen-bond donors (Lipinski definition) is 6. The van der Waals surface area contributed by atoms with Crippen molar-refractivity contribution in [3.8, 4) is 0 Å². The van der Waals surface area contributed by atoms with E-state index in [-0.39, 0.29) is 0 Å². The second-order valence-corrected chi connectivity index (χ2v) is 1.92. The first-order valence-corrected chi connectivity index (χ1v) is 2.75. The normalized spacial score (nSPS) is 28.5. The van der Waals surface area contributed by atoms with E-state index in [1.54, 1.807) is 0 Å². The van der Waals surface area contributed by atoms with Crippen LogP contribution in [0, 0.1) is 0 Å². The van der Waals surface area contributed by atoms with Gasteiger partial charge >= 0.3 is 0 Å². The zero-order valence-corrected chi connectivity index (χ0v) is 6.15. The molecule has 0 amide bonds. The van der Waals surface area contributed by atoms with Crippen molar-refractivity contribution in [2.45, 2.75) is 0 Å². The minimum absolute atomic E-state index is 0.726. The minimum Gasteiger partial charge on any atom is -0.235 e. The molecule has 0 aliphatic carbocycles. The Morgan fingerprint density at radius 2 is 0.417 bits per heavy atom. The number of nitrogens with two attached hydrogens (primary N) is 6. The third-order valence-corrected chi connectivity index (χ3v) is 1.26. The second-order valence-electron chi connectivity index (χ2n) is 1.92. The number of rotatable bonds is 0. The highest BCUT2D eigenvalue weighted by Gasteiger charge is 2.35. The highest BCUT2D eigenvalue weighted by atomic mass is 16.4. The molecule has 1 fully saturated rings. The largest absolute Gasteiger partial charge is 0.235 e. The molecular formula is H12N12. The zero-order valence-electron chi connectivity index (χ0n) is 6.15. The fourth-order valence-electron chi connectivity index (χ4n) is 0.563. The van der Waals surface area contributed by atoms with Crippen LogP contribution in [0.4, 0.5) is 0 Å². The summed E-state index contributed by atoms with van der Waals surface area (Å²) in [6.07, 6.45) is 0. The van der Waals surface area contributed by atoms with Crippen LogP contribution in [-0.4, -0.2) is 31.4 Å². The lowest BCUT2D eigenvalue weighted by Crippen LogP contribution is -2.86. The van der Waals surface area contributed by atoms with E-state index in [1.165, 1.54) is 0 Å². The van der Waals surface area contributed by atoms with Crippen LogP contribution in [0.25, 0.3) is 0 Å². The van der Waals surface area contributed by atoms with Gasteiger partial charge in [0.2, 0.25) is 0 Å². The molecule has 1 aliphatic heterocycles. The maximum Gasteiger partial charge on any atom is -0.0462 e. The molecule has 0 aromatic rings. The Kier molecular flexibility index (Phi) is 2.49. The van der Waals surface area contributed by atoms with E-state index in [1.807, 2.05) is 0 Å². The number of hydrazine groups is 12. The Labute approximate surface area is 67.6 Å². The van der Waals surface area contributed by atoms with Crippen LogP contribution in [0.3, 0.4) is 0 Å². The van der Waals surface area contributed by atoms with Crippen LogP contribution in [-0.2, 0) is 0 Å². The van der Waals surface area contributed by atoms with Gasteiger partial charge in [-0.15, -0.1) is 0 Å². The van der Waals surface area contributed by atoms with Gasteiger partial charge in [-0.25, -0.2) is 35.1 Å². The summed E-state index contributed by atoms with van der Waals surface area (Å²) in [5, 5.41) is 4.35. The average molecular weight is 180 g/mol. The molecule has 0 saturated carbocycles. The molecule has 1 heterocycles. The van der Waals surface area contributed by atoms with E-state index in [2.05, 4.69) is 0 Å². The van der Waals surface area contributed by atoms with E-state index in [4.69, 9.17) is 35.1 Å². The summed E-state index contributed by atoms with van der Waals surface area (Å²) < 4.78 is 0. The van der Waals surface area contributed by atoms with Gasteiger partial charge in [-0.1, -0.05) is 0 Å². The number of nitrogens with zero attached hydrogens (tertiary/aromatic N) is 6. The van der Waals surface area contributed by atoms with Gasteiger partial charge in [0.15, 0.2) is 0 Å². The second kappa shape index (κ2) is 3.11. The van der Waals surface area contributed by atoms with E-state index in [0.29, 0.717) is 0 Å². The van der Waals surface area contributed by atoms with Crippen molar-refractivity contribution in [1.29, 1.82) is 0 Å². The fraction of sp³-hybridized carbons (Fsp3) is 0. The molecule has 0 bridgehead atoms. The summed E-state index contributed by atoms with van der Waals surface area (Å²) in [5.41, 5.74) is 0. The summed E-state index contributed by atoms with van der Waals surface area (Å²) >= 11 is 0. The first kappa shape index (κ1) is 9.61. The van der Waals surface area contributed by atoms with Crippen LogP contribution in [0.5, 0.6) is 0 Å². The molecule has 1 saturated heterocycles. The van der Waals surface area contributed by atoms with Crippen LogP contribution >= 0.6 is 0 Å². The lowest BCUT2D eigenvalue weighted by molar-refractivity contribution is -0.519. The molecule has 72 valence electrons. The van der Waals surface area contributed by atoms with Gasteiger partial charge in [-0.05, 0) is 31.4 Å². The summed E-state index contributed by atoms with van der Waals surface area (Å²) in [6.45, 7) is 0. The van der Waals surface area contributed by atoms with Gasteiger partial charge in [-0.3, -0.25) is 0 Å². The van der Waals surface area contributed by atoms with E-state index in [0.717, 1.165) is 31.4 Å². The van der Waals surface area contributed by atoms with Crippen molar-refractivity contribution in [3.05, 3.63) is 0 Å². The highest BCUT2D eigenvalue weighted by molar-refractivity contribution is 4.33. The molecule has 0 unspecified atom stereocenters. The first-order valence-electron chi connectivity index (χ1n) is 2.75. The third kappa shape index (κ3) is 1.25. The standard InChI is InChI=1S/H12N12/c1-7-8(2)10(4)12(6)11(5)9(7)3/h1-6H2. The molecule has 12 heavy (non-hydrogen) atoms. The SMILES string of the molecule is NN1N(N)N(N)N(N)N(N)N1N. The lowest BCUT2D eigenvalue weighted by Gasteiger charge is -2.49. The fourth-order valence-corrected chi connectivity index (χ4v) is 0.563. The van der Waals surface area contributed by atoms with Crippen LogP contribution in [0.1, 0.15) is 0 Å². The molecule has 0 aromatic heterocycles. The summed E-state index contributed by atoms with van der Waals surface area (Å²) in [4.78, 5) is 0. The summed E-state index contributed by atoms with van der Waals surface area (Å²) in [6, 6.07) is 0. The van der Waals surface area contributed by atoms with Crippen molar-refractivity contribution >= 4 is 0 Å². The predicted octanol–water partition coefficient (Wildman–Crippen LogP) is -5.46. The lowest BCUT2D eigenvalue weighted by atomic mass is 11.6. The molecular weight excluding hydrogens is 168 g/mol. The predicted molar refractivity (Wildman–Crippen MR) is 36.2 cm³/mol. The third-order valence-electron chi connectivity index (χ3n) is 1.26. The molecule has 12 N–H and O–H groups in total. The van der Waals surface area contributed by atoms with Crippen molar-refractivity contribution in [2.24, 2.45) is 35.1 Å². The Morgan fingerprint density at radius 3 is 0.500 bits per heavy atom. The molecule has 1 aliphatic rings. The maximum absolute atomic E-state index is 5.27. The molecule has 0 radical (unpaired) electrons. The minimum atomic E-state index is 0.726. The summed E-state index contributed by atoms with van der Waals surface area (Å²) in [5.74, 6) is 31.6. The van der Waals surface area contributed by atoms with E-state index in [9.17, 15) is 0 Å². The van der Waals surface area contributed by atoms with Crippen molar-refractivity contribution < 1.29 is 0 Å². The smallest absolute Gasteiger partial charge is 0.0462 e. The van der Waals surface area contributed by atoms with Crippen molar-refractivity contribution in [2.75, 3.05) is 0 Å². The van der Waals surface area contributed by atoms with E-state index >= 15 is 0 Å². The quantitative estimate of drug-likeness (QED) is 0.195. The van der Waals surface area contributed by atoms with E-state index < -0.39 is 0 Å². The van der Waals surface area contributed by atoms with Gasteiger partial charge in [0, 0.05) is 0 Å². The van der Waals surface area contributed by atoms with Gasteiger partial charge < -0.3 is 0 Å². The maximum atomic E-state index is 5.27. The highest BCUT2D eigenvalue weighted by Crippen LogP contribution is 2.02. The van der Waals surface area contributed by atoms with Crippen LogP contribution in [0.2, 0.25) is 0 Å². The Morgan fingerprint density at radius 1 is 0.333 bits per heavy atom. The van der Waals surface area contributed by atoms with Crippen LogP contribution < -0.4 is 35.1 Å². The van der Waals surface area contributed by atoms with Gasteiger partial charge in [-0.2, -0.15) is 0 Å². The first-order chi connectivity index (χ1) is 5.46. The zero-order chi connectivity index (χ0) is 9.46. The van der Waals surface area contributed by atoms with Crippen molar-refractivity contribution in [3.63, 3.8) is 0 Å². The van der Waals surface area contributed by atoms with Crippen molar-refractivity contribution in [1.82, 2.24) is 31.4 Å².